The summed E-state index contributed by atoms with van der Waals surface area (Å²) in [6.45, 7) is 0.947. The molecule has 0 saturated carbocycles. The molecule has 80 valence electrons. The minimum Gasteiger partial charge on any atom is -0.455 e. The van der Waals surface area contributed by atoms with Crippen LogP contribution in [0.25, 0.3) is 0 Å². The predicted octanol–water partition coefficient (Wildman–Crippen LogP) is 0.793. The number of hydrogen-bond donors (Lipinski definition) is 1. The van der Waals surface area contributed by atoms with Gasteiger partial charge in [0.2, 0.25) is 0 Å². The number of ether oxygens (including phenoxy) is 1. The molecule has 0 radical (unpaired) electrons. The van der Waals surface area contributed by atoms with Gasteiger partial charge >= 0.3 is 5.97 Å². The van der Waals surface area contributed by atoms with E-state index in [0.717, 1.165) is 0 Å². The van der Waals surface area contributed by atoms with E-state index in [0.29, 0.717) is 5.56 Å². The fourth-order valence-electron chi connectivity index (χ4n) is 0.965. The van der Waals surface area contributed by atoms with Crippen LogP contribution in [0.1, 0.15) is 17.3 Å². The van der Waals surface area contributed by atoms with Gasteiger partial charge in [-0.1, -0.05) is 30.3 Å². The molecule has 4 nitrogen and oxygen atoms in total. The second-order valence-electron chi connectivity index (χ2n) is 3.07. The Morgan fingerprint density at radius 2 is 1.93 bits per heavy atom. The second-order valence-corrected chi connectivity index (χ2v) is 3.07. The van der Waals surface area contributed by atoms with E-state index in [4.69, 9.17) is 5.11 Å². The van der Waals surface area contributed by atoms with Gasteiger partial charge in [-0.25, -0.2) is 4.79 Å². The van der Waals surface area contributed by atoms with Crippen molar-refractivity contribution in [3.05, 3.63) is 35.9 Å². The zero-order chi connectivity index (χ0) is 11.3. The van der Waals surface area contributed by atoms with Crippen LogP contribution in [0, 0.1) is 0 Å². The predicted molar refractivity (Wildman–Crippen MR) is 53.4 cm³/mol. The third kappa shape index (κ3) is 3.52. The van der Waals surface area contributed by atoms with E-state index in [1.165, 1.54) is 6.92 Å². The van der Waals surface area contributed by atoms with Crippen molar-refractivity contribution in [1.82, 2.24) is 0 Å². The number of rotatable bonds is 4. The van der Waals surface area contributed by atoms with Crippen LogP contribution >= 0.6 is 0 Å². The number of aliphatic hydroxyl groups is 1. The lowest BCUT2D eigenvalue weighted by Crippen LogP contribution is -2.22. The van der Waals surface area contributed by atoms with Gasteiger partial charge in [0, 0.05) is 5.56 Å². The normalized spacial score (nSPS) is 11.9. The van der Waals surface area contributed by atoms with Crippen LogP contribution in [0.5, 0.6) is 0 Å². The number of hydrogen-bond acceptors (Lipinski definition) is 4. The first-order valence-electron chi connectivity index (χ1n) is 4.54. The highest BCUT2D eigenvalue weighted by atomic mass is 16.5. The summed E-state index contributed by atoms with van der Waals surface area (Å²) in [6, 6.07) is 8.52. The molecule has 1 rings (SSSR count). The molecule has 0 aromatic heterocycles. The lowest BCUT2D eigenvalue weighted by atomic mass is 10.1. The van der Waals surface area contributed by atoms with Crippen LogP contribution in [-0.2, 0) is 9.53 Å². The number of carbonyl (C=O) groups is 2. The molecule has 0 aliphatic heterocycles. The molecule has 0 amide bonds. The highest BCUT2D eigenvalue weighted by molar-refractivity contribution is 5.98. The summed E-state index contributed by atoms with van der Waals surface area (Å²) in [4.78, 5) is 22.3. The van der Waals surface area contributed by atoms with E-state index in [2.05, 4.69) is 4.74 Å². The zero-order valence-corrected chi connectivity index (χ0v) is 8.34. The lowest BCUT2D eigenvalue weighted by molar-refractivity contribution is -0.151. The van der Waals surface area contributed by atoms with Gasteiger partial charge in [0.25, 0.3) is 0 Å². The molecule has 0 aliphatic rings. The average Bonchev–Trinajstić information content (AvgIpc) is 2.26. The van der Waals surface area contributed by atoms with E-state index in [1.54, 1.807) is 30.3 Å². The summed E-state index contributed by atoms with van der Waals surface area (Å²) in [7, 11) is 0. The Kier molecular flexibility index (Phi) is 4.00. The fraction of sp³-hybridized carbons (Fsp3) is 0.273. The van der Waals surface area contributed by atoms with E-state index in [1.807, 2.05) is 0 Å². The van der Waals surface area contributed by atoms with Crippen LogP contribution in [0.2, 0.25) is 0 Å². The molecule has 0 bridgehead atoms. The number of ketones is 1. The van der Waals surface area contributed by atoms with E-state index < -0.39 is 12.1 Å². The molecule has 1 atom stereocenters. The summed E-state index contributed by atoms with van der Waals surface area (Å²) in [6.07, 6.45) is -1.20. The summed E-state index contributed by atoms with van der Waals surface area (Å²) < 4.78 is 4.58. The number of Topliss-reactive ketones (excluding diaryl/α,β-unsaturated/α-hetero) is 1. The number of aliphatic hydroxyl groups excluding tert-OH is 1. The van der Waals surface area contributed by atoms with Crippen molar-refractivity contribution in [1.29, 1.82) is 0 Å². The van der Waals surface area contributed by atoms with Crippen LogP contribution in [0.15, 0.2) is 30.3 Å². The van der Waals surface area contributed by atoms with Gasteiger partial charge < -0.3 is 9.84 Å². The van der Waals surface area contributed by atoms with E-state index >= 15 is 0 Å². The number of carbonyl (C=O) groups excluding carboxylic acids is 2. The molecular weight excluding hydrogens is 196 g/mol. The summed E-state index contributed by atoms with van der Waals surface area (Å²) in [5.41, 5.74) is 0.482. The quantitative estimate of drug-likeness (QED) is 0.587. The minimum absolute atomic E-state index is 0.287. The van der Waals surface area contributed by atoms with Crippen molar-refractivity contribution in [3.63, 3.8) is 0 Å². The molecule has 0 saturated heterocycles. The molecule has 1 N–H and O–H groups in total. The molecule has 0 heterocycles. The van der Waals surface area contributed by atoms with Crippen molar-refractivity contribution >= 4 is 11.8 Å². The van der Waals surface area contributed by atoms with Gasteiger partial charge in [0.15, 0.2) is 12.4 Å². The Morgan fingerprint density at radius 3 is 2.47 bits per heavy atom. The minimum atomic E-state index is -1.20. The number of benzene rings is 1. The Labute approximate surface area is 87.5 Å². The third-order valence-electron chi connectivity index (χ3n) is 1.78. The van der Waals surface area contributed by atoms with Crippen LogP contribution < -0.4 is 0 Å². The monoisotopic (exact) mass is 208 g/mol. The van der Waals surface area contributed by atoms with Crippen LogP contribution in [0.4, 0.5) is 0 Å². The van der Waals surface area contributed by atoms with Gasteiger partial charge in [-0.15, -0.1) is 0 Å². The van der Waals surface area contributed by atoms with Gasteiger partial charge in [-0.05, 0) is 6.92 Å². The first-order chi connectivity index (χ1) is 7.11. The summed E-state index contributed by atoms with van der Waals surface area (Å²) in [5, 5.41) is 8.82. The largest absolute Gasteiger partial charge is 0.455 e. The van der Waals surface area contributed by atoms with Crippen molar-refractivity contribution in [2.45, 2.75) is 13.0 Å². The third-order valence-corrected chi connectivity index (χ3v) is 1.78. The van der Waals surface area contributed by atoms with Crippen LogP contribution in [-0.4, -0.2) is 29.6 Å². The zero-order valence-electron chi connectivity index (χ0n) is 8.34. The maximum absolute atomic E-state index is 11.4. The second kappa shape index (κ2) is 5.26. The van der Waals surface area contributed by atoms with Gasteiger partial charge in [0.05, 0.1) is 0 Å². The molecule has 4 heteroatoms. The van der Waals surface area contributed by atoms with Crippen molar-refractivity contribution in [2.24, 2.45) is 0 Å². The van der Waals surface area contributed by atoms with Gasteiger partial charge in [-0.3, -0.25) is 4.79 Å². The first kappa shape index (κ1) is 11.4. The smallest absolute Gasteiger partial charge is 0.335 e. The Morgan fingerprint density at radius 1 is 1.33 bits per heavy atom. The van der Waals surface area contributed by atoms with Crippen molar-refractivity contribution < 1.29 is 19.4 Å². The Balaban J connectivity index is 2.48. The maximum Gasteiger partial charge on any atom is 0.335 e. The standard InChI is InChI=1S/C11H12O4/c1-8(12)11(14)15-7-10(13)9-5-3-2-4-6-9/h2-6,8,12H,7H2,1H3/t8-/m1/s1. The van der Waals surface area contributed by atoms with E-state index in [-0.39, 0.29) is 12.4 Å². The highest BCUT2D eigenvalue weighted by Crippen LogP contribution is 2.00. The maximum atomic E-state index is 11.4. The molecule has 15 heavy (non-hydrogen) atoms. The molecule has 0 aliphatic carbocycles. The molecule has 0 fully saturated rings. The van der Waals surface area contributed by atoms with Gasteiger partial charge in [0.1, 0.15) is 6.10 Å². The fourth-order valence-corrected chi connectivity index (χ4v) is 0.965. The summed E-state index contributed by atoms with van der Waals surface area (Å²) >= 11 is 0. The van der Waals surface area contributed by atoms with Crippen molar-refractivity contribution in [3.8, 4) is 0 Å². The van der Waals surface area contributed by atoms with Gasteiger partial charge in [-0.2, -0.15) is 0 Å². The SMILES string of the molecule is C[C@@H](O)C(=O)OCC(=O)c1ccccc1. The first-order valence-corrected chi connectivity index (χ1v) is 4.54. The van der Waals surface area contributed by atoms with E-state index in [9.17, 15) is 9.59 Å². The van der Waals surface area contributed by atoms with Crippen LogP contribution in [0.3, 0.4) is 0 Å². The summed E-state index contributed by atoms with van der Waals surface area (Å²) in [5.74, 6) is -1.08. The highest BCUT2D eigenvalue weighted by Gasteiger charge is 2.13. The molecule has 0 spiro atoms. The number of esters is 1. The molecule has 0 unspecified atom stereocenters. The molecular formula is C11H12O4. The topological polar surface area (TPSA) is 63.6 Å². The average molecular weight is 208 g/mol. The molecule has 1 aromatic carbocycles. The van der Waals surface area contributed by atoms with Crippen molar-refractivity contribution in [2.75, 3.05) is 6.61 Å². The lowest BCUT2D eigenvalue weighted by Gasteiger charge is -2.05. The Bertz CT molecular complexity index is 343. The Hall–Kier alpha value is -1.68. The molecule has 1 aromatic rings.